The Labute approximate surface area is 85.8 Å². The van der Waals surface area contributed by atoms with Crippen molar-refractivity contribution in [3.63, 3.8) is 0 Å². The van der Waals surface area contributed by atoms with Crippen molar-refractivity contribution in [2.24, 2.45) is 0 Å². The van der Waals surface area contributed by atoms with Crippen LogP contribution in [0.3, 0.4) is 0 Å². The first-order valence-electron chi connectivity index (χ1n) is 5.86. The van der Waals surface area contributed by atoms with Gasteiger partial charge in [0.2, 0.25) is 5.91 Å². The molecule has 1 heterocycles. The van der Waals surface area contributed by atoms with Crippen LogP contribution in [0, 0.1) is 0 Å². The summed E-state index contributed by atoms with van der Waals surface area (Å²) in [6.45, 7) is 4.26. The minimum Gasteiger partial charge on any atom is -0.323 e. The van der Waals surface area contributed by atoms with E-state index in [4.69, 9.17) is 0 Å². The molecule has 2 unspecified atom stereocenters. The van der Waals surface area contributed by atoms with Gasteiger partial charge < -0.3 is 4.90 Å². The second-order valence-electron chi connectivity index (χ2n) is 4.41. The molecule has 0 radical (unpaired) electrons. The molecule has 1 aliphatic carbocycles. The summed E-state index contributed by atoms with van der Waals surface area (Å²) in [7, 11) is 0. The van der Waals surface area contributed by atoms with Crippen molar-refractivity contribution in [3.8, 4) is 0 Å². The Balaban J connectivity index is 2.04. The monoisotopic (exact) mass is 196 g/mol. The van der Waals surface area contributed by atoms with Crippen molar-refractivity contribution in [3.05, 3.63) is 0 Å². The summed E-state index contributed by atoms with van der Waals surface area (Å²) in [5.41, 5.74) is 0. The molecule has 0 aromatic heterocycles. The van der Waals surface area contributed by atoms with Gasteiger partial charge >= 0.3 is 0 Å². The largest absolute Gasteiger partial charge is 0.323 e. The van der Waals surface area contributed by atoms with E-state index in [1.165, 1.54) is 12.8 Å². The summed E-state index contributed by atoms with van der Waals surface area (Å²) in [5, 5.41) is 3.44. The number of carbonyl (C=O) groups excluding carboxylic acids is 1. The van der Waals surface area contributed by atoms with E-state index in [-0.39, 0.29) is 6.04 Å². The Bertz CT molecular complexity index is 225. The molecule has 3 nitrogen and oxygen atoms in total. The third-order valence-electron chi connectivity index (χ3n) is 3.19. The van der Waals surface area contributed by atoms with E-state index in [1.54, 1.807) is 0 Å². The van der Waals surface area contributed by atoms with E-state index in [0.29, 0.717) is 18.1 Å². The molecule has 2 fully saturated rings. The molecule has 0 spiro atoms. The average molecular weight is 196 g/mol. The second-order valence-corrected chi connectivity index (χ2v) is 4.41. The molecule has 2 atom stereocenters. The number of amides is 1. The third kappa shape index (κ3) is 1.65. The molecule has 0 aromatic carbocycles. The third-order valence-corrected chi connectivity index (χ3v) is 3.19. The van der Waals surface area contributed by atoms with Crippen molar-refractivity contribution in [1.29, 1.82) is 0 Å². The fourth-order valence-electron chi connectivity index (χ4n) is 2.29. The average Bonchev–Trinajstić information content (AvgIpc) is 2.94. The van der Waals surface area contributed by atoms with Gasteiger partial charge in [-0.15, -0.1) is 0 Å². The van der Waals surface area contributed by atoms with E-state index in [2.05, 4.69) is 24.1 Å². The molecule has 0 bridgehead atoms. The van der Waals surface area contributed by atoms with Crippen LogP contribution in [-0.4, -0.2) is 29.1 Å². The van der Waals surface area contributed by atoms with Crippen LogP contribution in [0.4, 0.5) is 0 Å². The molecule has 80 valence electrons. The van der Waals surface area contributed by atoms with E-state index in [0.717, 1.165) is 19.3 Å². The predicted molar refractivity (Wildman–Crippen MR) is 55.8 cm³/mol. The van der Waals surface area contributed by atoms with Gasteiger partial charge in [-0.3, -0.25) is 10.1 Å². The lowest BCUT2D eigenvalue weighted by atomic mass is 10.2. The quantitative estimate of drug-likeness (QED) is 0.738. The first kappa shape index (κ1) is 9.97. The normalized spacial score (nSPS) is 32.7. The van der Waals surface area contributed by atoms with Crippen LogP contribution >= 0.6 is 0 Å². The number of nitrogens with one attached hydrogen (secondary N) is 1. The van der Waals surface area contributed by atoms with Crippen LogP contribution in [0.15, 0.2) is 0 Å². The minimum atomic E-state index is 0.0900. The van der Waals surface area contributed by atoms with Gasteiger partial charge in [0.05, 0.1) is 12.2 Å². The fourth-order valence-corrected chi connectivity index (χ4v) is 2.29. The van der Waals surface area contributed by atoms with Crippen LogP contribution in [0.2, 0.25) is 0 Å². The smallest absolute Gasteiger partial charge is 0.241 e. The van der Waals surface area contributed by atoms with Crippen LogP contribution in [0.5, 0.6) is 0 Å². The summed E-state index contributed by atoms with van der Waals surface area (Å²) in [6, 6.07) is 0.648. The molecule has 1 saturated carbocycles. The number of rotatable bonds is 4. The molecule has 1 aliphatic heterocycles. The molecular formula is C11H20N2O. The number of hydrogen-bond donors (Lipinski definition) is 1. The highest BCUT2D eigenvalue weighted by Crippen LogP contribution is 2.32. The van der Waals surface area contributed by atoms with E-state index in [9.17, 15) is 4.79 Å². The topological polar surface area (TPSA) is 32.3 Å². The molecule has 3 heteroatoms. The standard InChI is InChI=1S/C11H20N2O/c1-3-5-10-12-9(4-2)11(14)13(10)8-6-7-8/h8-10,12H,3-7H2,1-2H3. The fraction of sp³-hybridized carbons (Fsp3) is 0.909. The zero-order chi connectivity index (χ0) is 10.1. The van der Waals surface area contributed by atoms with Crippen LogP contribution in [0.25, 0.3) is 0 Å². The minimum absolute atomic E-state index is 0.0900. The van der Waals surface area contributed by atoms with Gasteiger partial charge in [0.25, 0.3) is 0 Å². The number of nitrogens with zero attached hydrogens (tertiary/aromatic N) is 1. The summed E-state index contributed by atoms with van der Waals surface area (Å²) in [5.74, 6) is 0.341. The maximum Gasteiger partial charge on any atom is 0.241 e. The lowest BCUT2D eigenvalue weighted by Crippen LogP contribution is -2.38. The lowest BCUT2D eigenvalue weighted by Gasteiger charge is -2.23. The molecule has 1 N–H and O–H groups in total. The first-order chi connectivity index (χ1) is 6.77. The van der Waals surface area contributed by atoms with E-state index >= 15 is 0 Å². The van der Waals surface area contributed by atoms with E-state index < -0.39 is 0 Å². The van der Waals surface area contributed by atoms with Crippen molar-refractivity contribution in [1.82, 2.24) is 10.2 Å². The second kappa shape index (κ2) is 3.89. The van der Waals surface area contributed by atoms with Gasteiger partial charge in [-0.25, -0.2) is 0 Å². The highest BCUT2D eigenvalue weighted by Gasteiger charge is 2.44. The van der Waals surface area contributed by atoms with Crippen LogP contribution in [0.1, 0.15) is 46.0 Å². The van der Waals surface area contributed by atoms with Crippen molar-refractivity contribution < 1.29 is 4.79 Å². The number of hydrogen-bond acceptors (Lipinski definition) is 2. The van der Waals surface area contributed by atoms with E-state index in [1.807, 2.05) is 0 Å². The molecule has 0 aromatic rings. The Hall–Kier alpha value is -0.570. The lowest BCUT2D eigenvalue weighted by molar-refractivity contribution is -0.130. The Morgan fingerprint density at radius 2 is 2.14 bits per heavy atom. The van der Waals surface area contributed by atoms with Gasteiger partial charge in [0.1, 0.15) is 0 Å². The summed E-state index contributed by atoms with van der Waals surface area (Å²) >= 11 is 0. The maximum atomic E-state index is 12.0. The summed E-state index contributed by atoms with van der Waals surface area (Å²) in [6.07, 6.45) is 5.91. The Kier molecular flexibility index (Phi) is 2.77. The Morgan fingerprint density at radius 3 is 2.64 bits per heavy atom. The zero-order valence-corrected chi connectivity index (χ0v) is 9.12. The van der Waals surface area contributed by atoms with Crippen molar-refractivity contribution in [2.45, 2.75) is 64.2 Å². The molecule has 1 saturated heterocycles. The summed E-state index contributed by atoms with van der Waals surface area (Å²) in [4.78, 5) is 14.1. The first-order valence-corrected chi connectivity index (χ1v) is 5.86. The SMILES string of the molecule is CCCC1NC(CC)C(=O)N1C1CC1. The maximum absolute atomic E-state index is 12.0. The van der Waals surface area contributed by atoms with Gasteiger partial charge in [0.15, 0.2) is 0 Å². The van der Waals surface area contributed by atoms with Crippen molar-refractivity contribution >= 4 is 5.91 Å². The molecule has 14 heavy (non-hydrogen) atoms. The number of carbonyl (C=O) groups is 1. The van der Waals surface area contributed by atoms with Crippen LogP contribution in [-0.2, 0) is 4.79 Å². The van der Waals surface area contributed by atoms with Gasteiger partial charge in [-0.2, -0.15) is 0 Å². The van der Waals surface area contributed by atoms with Crippen molar-refractivity contribution in [2.75, 3.05) is 0 Å². The van der Waals surface area contributed by atoms with Crippen LogP contribution < -0.4 is 5.32 Å². The molecule has 1 amide bonds. The molecular weight excluding hydrogens is 176 g/mol. The zero-order valence-electron chi connectivity index (χ0n) is 9.12. The molecule has 2 aliphatic rings. The molecule has 2 rings (SSSR count). The summed E-state index contributed by atoms with van der Waals surface area (Å²) < 4.78 is 0. The highest BCUT2D eigenvalue weighted by molar-refractivity contribution is 5.84. The highest BCUT2D eigenvalue weighted by atomic mass is 16.2. The van der Waals surface area contributed by atoms with Gasteiger partial charge in [-0.1, -0.05) is 20.3 Å². The Morgan fingerprint density at radius 1 is 1.43 bits per heavy atom. The predicted octanol–water partition coefficient (Wildman–Crippen LogP) is 1.49. The van der Waals surface area contributed by atoms with Gasteiger partial charge in [-0.05, 0) is 25.7 Å². The van der Waals surface area contributed by atoms with Gasteiger partial charge in [0, 0.05) is 6.04 Å².